The molecule has 0 amide bonds. The van der Waals surface area contributed by atoms with Crippen LogP contribution in [0.4, 0.5) is 0 Å². The molecule has 3 aromatic rings. The van der Waals surface area contributed by atoms with Crippen LogP contribution in [0.3, 0.4) is 0 Å². The molecule has 106 valence electrons. The van der Waals surface area contributed by atoms with Crippen LogP contribution in [0.1, 0.15) is 5.56 Å². The summed E-state index contributed by atoms with van der Waals surface area (Å²) >= 11 is 5.99. The Morgan fingerprint density at radius 2 is 1.95 bits per heavy atom. The predicted octanol–water partition coefficient (Wildman–Crippen LogP) is 4.40. The number of nitrogens with zero attached hydrogens (tertiary/aromatic N) is 1. The van der Waals surface area contributed by atoms with Crippen molar-refractivity contribution in [2.75, 3.05) is 7.05 Å². The van der Waals surface area contributed by atoms with Crippen molar-refractivity contribution in [2.45, 2.75) is 6.54 Å². The first-order valence-electron chi connectivity index (χ1n) is 6.73. The molecule has 0 radical (unpaired) electrons. The fraction of sp³-hybridized carbons (Fsp3) is 0.118. The standard InChI is InChI=1S/C17H15ClN2O/c1-19-11-13-9-12-5-2-3-8-16(12)20-17(13)21-15-7-4-6-14(18)10-15/h2-10,19H,11H2,1H3. The molecule has 0 saturated heterocycles. The summed E-state index contributed by atoms with van der Waals surface area (Å²) in [6.45, 7) is 0.688. The fourth-order valence-corrected chi connectivity index (χ4v) is 2.37. The molecule has 1 N–H and O–H groups in total. The molecule has 0 spiro atoms. The molecular weight excluding hydrogens is 284 g/mol. The Morgan fingerprint density at radius 3 is 2.76 bits per heavy atom. The zero-order valence-electron chi connectivity index (χ0n) is 11.6. The van der Waals surface area contributed by atoms with E-state index in [0.717, 1.165) is 16.5 Å². The fourth-order valence-electron chi connectivity index (χ4n) is 2.19. The third kappa shape index (κ3) is 3.15. The highest BCUT2D eigenvalue weighted by molar-refractivity contribution is 6.30. The average molecular weight is 299 g/mol. The topological polar surface area (TPSA) is 34.2 Å². The number of para-hydroxylation sites is 1. The summed E-state index contributed by atoms with van der Waals surface area (Å²) in [5, 5.41) is 4.88. The molecule has 2 aromatic carbocycles. The monoisotopic (exact) mass is 298 g/mol. The lowest BCUT2D eigenvalue weighted by Gasteiger charge is -2.11. The molecule has 21 heavy (non-hydrogen) atoms. The van der Waals surface area contributed by atoms with Crippen LogP contribution >= 0.6 is 11.6 Å². The van der Waals surface area contributed by atoms with Crippen molar-refractivity contribution < 1.29 is 4.74 Å². The molecule has 0 fully saturated rings. The van der Waals surface area contributed by atoms with Crippen molar-refractivity contribution >= 4 is 22.5 Å². The van der Waals surface area contributed by atoms with E-state index in [2.05, 4.69) is 16.4 Å². The second kappa shape index (κ2) is 6.12. The molecule has 0 bridgehead atoms. The van der Waals surface area contributed by atoms with E-state index in [1.807, 2.05) is 49.5 Å². The molecular formula is C17H15ClN2O. The van der Waals surface area contributed by atoms with Gasteiger partial charge in [-0.25, -0.2) is 4.98 Å². The van der Waals surface area contributed by atoms with Gasteiger partial charge in [0, 0.05) is 22.5 Å². The summed E-state index contributed by atoms with van der Waals surface area (Å²) in [6.07, 6.45) is 0. The summed E-state index contributed by atoms with van der Waals surface area (Å²) in [5.41, 5.74) is 1.92. The van der Waals surface area contributed by atoms with Gasteiger partial charge in [-0.2, -0.15) is 0 Å². The summed E-state index contributed by atoms with van der Waals surface area (Å²) in [5.74, 6) is 1.29. The highest BCUT2D eigenvalue weighted by Gasteiger charge is 2.09. The van der Waals surface area contributed by atoms with E-state index < -0.39 is 0 Å². The third-order valence-corrected chi connectivity index (χ3v) is 3.38. The lowest BCUT2D eigenvalue weighted by atomic mass is 10.1. The van der Waals surface area contributed by atoms with Gasteiger partial charge in [-0.05, 0) is 37.4 Å². The van der Waals surface area contributed by atoms with Crippen molar-refractivity contribution in [1.29, 1.82) is 0 Å². The lowest BCUT2D eigenvalue weighted by Crippen LogP contribution is -2.07. The van der Waals surface area contributed by atoms with E-state index in [1.54, 1.807) is 6.07 Å². The Balaban J connectivity index is 2.04. The maximum Gasteiger partial charge on any atom is 0.224 e. The summed E-state index contributed by atoms with van der Waals surface area (Å²) in [7, 11) is 1.90. The van der Waals surface area contributed by atoms with Gasteiger partial charge in [-0.3, -0.25) is 0 Å². The molecule has 1 aromatic heterocycles. The van der Waals surface area contributed by atoms with Crippen LogP contribution < -0.4 is 10.1 Å². The van der Waals surface area contributed by atoms with E-state index in [9.17, 15) is 0 Å². The number of benzene rings is 2. The summed E-state index contributed by atoms with van der Waals surface area (Å²) in [4.78, 5) is 4.61. The van der Waals surface area contributed by atoms with E-state index in [0.29, 0.717) is 23.2 Å². The van der Waals surface area contributed by atoms with Crippen LogP contribution in [0.25, 0.3) is 10.9 Å². The molecule has 3 nitrogen and oxygen atoms in total. The highest BCUT2D eigenvalue weighted by atomic mass is 35.5. The van der Waals surface area contributed by atoms with Gasteiger partial charge in [-0.15, -0.1) is 0 Å². The van der Waals surface area contributed by atoms with Gasteiger partial charge in [0.25, 0.3) is 0 Å². The van der Waals surface area contributed by atoms with Gasteiger partial charge in [-0.1, -0.05) is 35.9 Å². The smallest absolute Gasteiger partial charge is 0.224 e. The van der Waals surface area contributed by atoms with Crippen molar-refractivity contribution in [1.82, 2.24) is 10.3 Å². The van der Waals surface area contributed by atoms with Gasteiger partial charge >= 0.3 is 0 Å². The first kappa shape index (κ1) is 13.9. The van der Waals surface area contributed by atoms with Crippen LogP contribution in [0, 0.1) is 0 Å². The van der Waals surface area contributed by atoms with Crippen molar-refractivity contribution in [3.05, 3.63) is 65.2 Å². The van der Waals surface area contributed by atoms with Gasteiger partial charge < -0.3 is 10.1 Å². The Kier molecular flexibility index (Phi) is 4.04. The molecule has 0 atom stereocenters. The number of nitrogens with one attached hydrogen (secondary N) is 1. The first-order valence-corrected chi connectivity index (χ1v) is 7.11. The van der Waals surface area contributed by atoms with Gasteiger partial charge in [0.05, 0.1) is 5.52 Å². The molecule has 0 aliphatic rings. The lowest BCUT2D eigenvalue weighted by molar-refractivity contribution is 0.456. The predicted molar refractivity (Wildman–Crippen MR) is 86.0 cm³/mol. The molecule has 0 saturated carbocycles. The van der Waals surface area contributed by atoms with E-state index in [-0.39, 0.29) is 0 Å². The number of fused-ring (bicyclic) bond motifs is 1. The third-order valence-electron chi connectivity index (χ3n) is 3.14. The molecule has 0 unspecified atom stereocenters. The molecule has 4 heteroatoms. The molecule has 1 heterocycles. The average Bonchev–Trinajstić information content (AvgIpc) is 2.48. The SMILES string of the molecule is CNCc1cc2ccccc2nc1Oc1cccc(Cl)c1. The number of hydrogen-bond acceptors (Lipinski definition) is 3. The summed E-state index contributed by atoms with van der Waals surface area (Å²) < 4.78 is 5.92. The number of halogens is 1. The Hall–Kier alpha value is -2.10. The quantitative estimate of drug-likeness (QED) is 0.775. The van der Waals surface area contributed by atoms with Gasteiger partial charge in [0.1, 0.15) is 5.75 Å². The first-order chi connectivity index (χ1) is 10.3. The van der Waals surface area contributed by atoms with Gasteiger partial charge in [0.2, 0.25) is 5.88 Å². The van der Waals surface area contributed by atoms with Crippen molar-refractivity contribution in [3.8, 4) is 11.6 Å². The van der Waals surface area contributed by atoms with Gasteiger partial charge in [0.15, 0.2) is 0 Å². The normalized spacial score (nSPS) is 10.8. The van der Waals surface area contributed by atoms with E-state index in [1.165, 1.54) is 0 Å². The Morgan fingerprint density at radius 1 is 1.10 bits per heavy atom. The van der Waals surface area contributed by atoms with Crippen LogP contribution in [-0.2, 0) is 6.54 Å². The van der Waals surface area contributed by atoms with Crippen LogP contribution in [0.5, 0.6) is 11.6 Å². The Labute approximate surface area is 128 Å². The van der Waals surface area contributed by atoms with Crippen LogP contribution in [0.15, 0.2) is 54.6 Å². The van der Waals surface area contributed by atoms with Crippen LogP contribution in [0.2, 0.25) is 5.02 Å². The van der Waals surface area contributed by atoms with Crippen molar-refractivity contribution in [3.63, 3.8) is 0 Å². The number of pyridine rings is 1. The number of aromatic nitrogens is 1. The Bertz CT molecular complexity index is 774. The van der Waals surface area contributed by atoms with Crippen LogP contribution in [-0.4, -0.2) is 12.0 Å². The second-order valence-electron chi connectivity index (χ2n) is 4.74. The highest BCUT2D eigenvalue weighted by Crippen LogP contribution is 2.28. The number of hydrogen-bond donors (Lipinski definition) is 1. The minimum absolute atomic E-state index is 0.602. The molecule has 0 aliphatic heterocycles. The zero-order valence-corrected chi connectivity index (χ0v) is 12.4. The number of rotatable bonds is 4. The largest absolute Gasteiger partial charge is 0.439 e. The minimum atomic E-state index is 0.602. The van der Waals surface area contributed by atoms with Crippen molar-refractivity contribution in [2.24, 2.45) is 0 Å². The number of ether oxygens (including phenoxy) is 1. The molecule has 3 rings (SSSR count). The maximum absolute atomic E-state index is 5.99. The second-order valence-corrected chi connectivity index (χ2v) is 5.17. The summed E-state index contributed by atoms with van der Waals surface area (Å²) in [6, 6.07) is 17.4. The zero-order chi connectivity index (χ0) is 14.7. The van der Waals surface area contributed by atoms with E-state index >= 15 is 0 Å². The maximum atomic E-state index is 5.99. The minimum Gasteiger partial charge on any atom is -0.439 e. The van der Waals surface area contributed by atoms with E-state index in [4.69, 9.17) is 16.3 Å². The molecule has 0 aliphatic carbocycles.